The van der Waals surface area contributed by atoms with E-state index in [1.54, 1.807) is 31.2 Å². The van der Waals surface area contributed by atoms with Gasteiger partial charge in [0.25, 0.3) is 11.8 Å². The Kier molecular flexibility index (Phi) is 12.4. The topological polar surface area (TPSA) is 196 Å². The van der Waals surface area contributed by atoms with Crippen LogP contribution in [0, 0.1) is 25.2 Å². The number of nitrogens with one attached hydrogen (secondary N) is 4. The van der Waals surface area contributed by atoms with Gasteiger partial charge < -0.3 is 35.6 Å². The van der Waals surface area contributed by atoms with Crippen molar-refractivity contribution in [3.05, 3.63) is 88.3 Å². The molecule has 0 aliphatic rings. The van der Waals surface area contributed by atoms with Crippen molar-refractivity contribution in [3.8, 4) is 11.8 Å². The molecule has 0 aliphatic carbocycles. The van der Waals surface area contributed by atoms with Crippen LogP contribution < -0.4 is 26.0 Å². The summed E-state index contributed by atoms with van der Waals surface area (Å²) in [6, 6.07) is 14.6. The van der Waals surface area contributed by atoms with Crippen LogP contribution in [0.25, 0.3) is 6.08 Å². The highest BCUT2D eigenvalue weighted by Gasteiger charge is 2.31. The highest BCUT2D eigenvalue weighted by molar-refractivity contribution is 6.02. The van der Waals surface area contributed by atoms with Crippen molar-refractivity contribution in [2.45, 2.75) is 71.8 Å². The number of nitriles is 1. The zero-order valence-electron chi connectivity index (χ0n) is 27.2. The lowest BCUT2D eigenvalue weighted by Crippen LogP contribution is -2.58. The summed E-state index contributed by atoms with van der Waals surface area (Å²) in [5, 5.41) is 33.9. The van der Waals surface area contributed by atoms with Crippen LogP contribution in [0.4, 0.5) is 0 Å². The third kappa shape index (κ3) is 11.4. The van der Waals surface area contributed by atoms with Crippen LogP contribution in [0.1, 0.15) is 60.6 Å². The molecule has 3 rings (SSSR count). The average molecular weight is 645 g/mol. The van der Waals surface area contributed by atoms with Gasteiger partial charge >= 0.3 is 0 Å². The second-order valence-corrected chi connectivity index (χ2v) is 12.0. The number of carbonyl (C=O) groups excluding carboxylic acids is 4. The molecule has 0 aliphatic heterocycles. The first-order chi connectivity index (χ1) is 22.1. The van der Waals surface area contributed by atoms with E-state index in [1.165, 1.54) is 19.1 Å². The fourth-order valence-corrected chi connectivity index (χ4v) is 4.12. The van der Waals surface area contributed by atoms with Gasteiger partial charge in [0.15, 0.2) is 5.69 Å². The van der Waals surface area contributed by atoms with Crippen LogP contribution in [-0.2, 0) is 20.9 Å². The van der Waals surface area contributed by atoms with Crippen molar-refractivity contribution in [1.82, 2.24) is 26.4 Å². The summed E-state index contributed by atoms with van der Waals surface area (Å²) in [5.41, 5.74) is 1.80. The first-order valence-corrected chi connectivity index (χ1v) is 14.9. The Morgan fingerprint density at radius 3 is 2.23 bits per heavy atom. The molecule has 0 spiro atoms. The largest absolute Gasteiger partial charge is 0.491 e. The second-order valence-electron chi connectivity index (χ2n) is 12.0. The number of amides is 4. The lowest BCUT2D eigenvalue weighted by Gasteiger charge is -2.24. The zero-order chi connectivity index (χ0) is 34.7. The molecule has 3 unspecified atom stereocenters. The maximum atomic E-state index is 13.3. The number of nitrogens with zero attached hydrogens (tertiary/aromatic N) is 2. The molecule has 13 heteroatoms. The van der Waals surface area contributed by atoms with Gasteiger partial charge in [0.2, 0.25) is 11.8 Å². The molecular formula is C34H40N6O7. The van der Waals surface area contributed by atoms with Crippen molar-refractivity contribution < 1.29 is 33.5 Å². The number of hydrogen-bond acceptors (Lipinski definition) is 9. The van der Waals surface area contributed by atoms with Crippen molar-refractivity contribution in [3.63, 3.8) is 0 Å². The number of rotatable bonds is 13. The summed E-state index contributed by atoms with van der Waals surface area (Å²) in [6.07, 6.45) is 0.116. The van der Waals surface area contributed by atoms with Crippen LogP contribution in [0.15, 0.2) is 64.7 Å². The number of aryl methyl sites for hydroxylation is 2. The Morgan fingerprint density at radius 1 is 1.02 bits per heavy atom. The standard InChI is InChI=1S/C34H40N6O7/c1-20-7-9-24(10-8-20)18-36-31(43)28(37-33(45)29(22(3)41)38-32(44)27-15-21(2)47-40-27)19-46-26-13-11-23(12-14-26)16-25(17-35)30(42)39-34(4,5)6/h7-16,22,28-29,41H,18-19H2,1-6H3,(H,36,43)(H,37,45)(H,38,44)(H,39,42). The summed E-state index contributed by atoms with van der Waals surface area (Å²) in [7, 11) is 0. The molecule has 1 aromatic heterocycles. The molecule has 248 valence electrons. The summed E-state index contributed by atoms with van der Waals surface area (Å²) in [6.45, 7) is 10.2. The molecule has 0 saturated carbocycles. The van der Waals surface area contributed by atoms with Gasteiger partial charge in [0.1, 0.15) is 41.8 Å². The first-order valence-electron chi connectivity index (χ1n) is 14.9. The highest BCUT2D eigenvalue weighted by atomic mass is 16.5. The Balaban J connectivity index is 1.74. The number of ether oxygens (including phenoxy) is 1. The van der Waals surface area contributed by atoms with Gasteiger partial charge in [-0.3, -0.25) is 19.2 Å². The van der Waals surface area contributed by atoms with Gasteiger partial charge in [-0.25, -0.2) is 0 Å². The Morgan fingerprint density at radius 2 is 1.68 bits per heavy atom. The molecular weight excluding hydrogens is 604 g/mol. The van der Waals surface area contributed by atoms with Crippen LogP contribution in [0.2, 0.25) is 0 Å². The number of aromatic nitrogens is 1. The van der Waals surface area contributed by atoms with Crippen molar-refractivity contribution in [1.29, 1.82) is 5.26 Å². The van der Waals surface area contributed by atoms with Crippen LogP contribution >= 0.6 is 0 Å². The van der Waals surface area contributed by atoms with E-state index in [2.05, 4.69) is 26.4 Å². The molecule has 0 radical (unpaired) electrons. The molecule has 4 amide bonds. The fraction of sp³-hybridized carbons (Fsp3) is 0.353. The minimum atomic E-state index is -1.43. The number of benzene rings is 2. The van der Waals surface area contributed by atoms with Gasteiger partial charge in [-0.15, -0.1) is 0 Å². The van der Waals surface area contributed by atoms with E-state index >= 15 is 0 Å². The molecule has 0 bridgehead atoms. The predicted molar refractivity (Wildman–Crippen MR) is 173 cm³/mol. The van der Waals surface area contributed by atoms with E-state index in [0.717, 1.165) is 11.1 Å². The molecule has 0 saturated heterocycles. The summed E-state index contributed by atoms with van der Waals surface area (Å²) in [5.74, 6) is -1.92. The van der Waals surface area contributed by atoms with Gasteiger partial charge in [-0.1, -0.05) is 47.1 Å². The number of aliphatic hydroxyl groups excluding tert-OH is 1. The molecule has 5 N–H and O–H groups in total. The number of aliphatic hydroxyl groups is 1. The Bertz CT molecular complexity index is 1630. The Labute approximate surface area is 273 Å². The van der Waals surface area contributed by atoms with Gasteiger partial charge in [0, 0.05) is 18.2 Å². The van der Waals surface area contributed by atoms with Crippen LogP contribution in [0.3, 0.4) is 0 Å². The lowest BCUT2D eigenvalue weighted by atomic mass is 10.1. The average Bonchev–Trinajstić information content (AvgIpc) is 3.45. The predicted octanol–water partition coefficient (Wildman–Crippen LogP) is 2.47. The van der Waals surface area contributed by atoms with Gasteiger partial charge in [0.05, 0.1) is 6.10 Å². The molecule has 3 atom stereocenters. The zero-order valence-corrected chi connectivity index (χ0v) is 27.2. The summed E-state index contributed by atoms with van der Waals surface area (Å²) < 4.78 is 10.7. The molecule has 3 aromatic rings. The SMILES string of the molecule is Cc1ccc(CNC(=O)C(COc2ccc(C=C(C#N)C(=O)NC(C)(C)C)cc2)NC(=O)C(NC(=O)c2cc(C)on2)C(C)O)cc1. The number of hydrogen-bond donors (Lipinski definition) is 5. The van der Waals surface area contributed by atoms with E-state index in [9.17, 15) is 29.5 Å². The monoisotopic (exact) mass is 644 g/mol. The molecule has 0 fully saturated rings. The third-order valence-corrected chi connectivity index (χ3v) is 6.59. The molecule has 1 heterocycles. The normalized spacial score (nSPS) is 13.4. The van der Waals surface area contributed by atoms with Gasteiger partial charge in [-0.05, 0) is 70.9 Å². The maximum absolute atomic E-state index is 13.3. The van der Waals surface area contributed by atoms with E-state index in [1.807, 2.05) is 58.0 Å². The first kappa shape index (κ1) is 36.0. The van der Waals surface area contributed by atoms with Crippen LogP contribution in [0.5, 0.6) is 5.75 Å². The highest BCUT2D eigenvalue weighted by Crippen LogP contribution is 2.16. The molecule has 2 aromatic carbocycles. The van der Waals surface area contributed by atoms with E-state index in [0.29, 0.717) is 17.1 Å². The van der Waals surface area contributed by atoms with Crippen molar-refractivity contribution >= 4 is 29.7 Å². The van der Waals surface area contributed by atoms with Crippen molar-refractivity contribution in [2.75, 3.05) is 6.61 Å². The van der Waals surface area contributed by atoms with E-state index in [4.69, 9.17) is 9.26 Å². The van der Waals surface area contributed by atoms with E-state index < -0.39 is 47.4 Å². The number of carbonyl (C=O) groups is 4. The minimum absolute atomic E-state index is 0.0694. The van der Waals surface area contributed by atoms with Crippen LogP contribution in [-0.4, -0.2) is 64.2 Å². The lowest BCUT2D eigenvalue weighted by molar-refractivity contribution is -0.132. The molecule has 47 heavy (non-hydrogen) atoms. The summed E-state index contributed by atoms with van der Waals surface area (Å²) >= 11 is 0. The smallest absolute Gasteiger partial charge is 0.274 e. The summed E-state index contributed by atoms with van der Waals surface area (Å²) in [4.78, 5) is 51.6. The minimum Gasteiger partial charge on any atom is -0.491 e. The molecule has 13 nitrogen and oxygen atoms in total. The Hall–Kier alpha value is -5.48. The fourth-order valence-electron chi connectivity index (χ4n) is 4.12. The quantitative estimate of drug-likeness (QED) is 0.137. The van der Waals surface area contributed by atoms with E-state index in [-0.39, 0.29) is 24.4 Å². The van der Waals surface area contributed by atoms with Crippen molar-refractivity contribution in [2.24, 2.45) is 0 Å². The maximum Gasteiger partial charge on any atom is 0.274 e. The third-order valence-electron chi connectivity index (χ3n) is 6.59. The van der Waals surface area contributed by atoms with Gasteiger partial charge in [-0.2, -0.15) is 5.26 Å². The second kappa shape index (κ2) is 16.2.